The van der Waals surface area contributed by atoms with E-state index in [2.05, 4.69) is 32.5 Å². The minimum absolute atomic E-state index is 0.0695. The van der Waals surface area contributed by atoms with Gasteiger partial charge in [0, 0.05) is 42.5 Å². The summed E-state index contributed by atoms with van der Waals surface area (Å²) in [5.41, 5.74) is 3.60. The largest absolute Gasteiger partial charge is 0.338 e. The third kappa shape index (κ3) is 3.03. The molecule has 7 heteroatoms. The van der Waals surface area contributed by atoms with Crippen molar-refractivity contribution in [3.63, 3.8) is 0 Å². The average molecular weight is 427 g/mol. The third-order valence-corrected chi connectivity index (χ3v) is 6.74. The molecule has 1 saturated carbocycles. The van der Waals surface area contributed by atoms with Crippen LogP contribution in [-0.4, -0.2) is 56.1 Å². The third-order valence-electron chi connectivity index (χ3n) is 6.74. The first-order chi connectivity index (χ1) is 15.6. The number of aromatic nitrogens is 4. The number of para-hydroxylation sites is 1. The number of rotatable bonds is 3. The first-order valence-corrected chi connectivity index (χ1v) is 11.4. The highest BCUT2D eigenvalue weighted by Gasteiger charge is 2.34. The SMILES string of the molecule is Cc1ccccc1C(=O)N1CCN(c2nc3ccccc3c3nnc(C4CC4)n23)CC1C. The fourth-order valence-corrected chi connectivity index (χ4v) is 4.81. The van der Waals surface area contributed by atoms with E-state index in [9.17, 15) is 4.79 Å². The number of piperazine rings is 1. The Morgan fingerprint density at radius 3 is 2.56 bits per heavy atom. The van der Waals surface area contributed by atoms with Gasteiger partial charge in [-0.25, -0.2) is 9.38 Å². The standard InChI is InChI=1S/C25H26N6O/c1-16-7-3-4-8-19(16)24(32)30-14-13-29(15-17(30)2)25-26-21-10-6-5-9-20(21)23-28-27-22(31(23)25)18-11-12-18/h3-10,17-18H,11-15H2,1-2H3. The quantitative estimate of drug-likeness (QED) is 0.498. The van der Waals surface area contributed by atoms with Gasteiger partial charge >= 0.3 is 0 Å². The highest BCUT2D eigenvalue weighted by molar-refractivity contribution is 5.96. The van der Waals surface area contributed by atoms with Crippen molar-refractivity contribution in [2.75, 3.05) is 24.5 Å². The number of carbonyl (C=O) groups excluding carboxylic acids is 1. The summed E-state index contributed by atoms with van der Waals surface area (Å²) in [6.45, 7) is 6.22. The Labute approximate surface area is 186 Å². The normalized spacial score (nSPS) is 19.1. The number of hydrogen-bond acceptors (Lipinski definition) is 5. The van der Waals surface area contributed by atoms with Crippen LogP contribution in [0.25, 0.3) is 16.6 Å². The minimum Gasteiger partial charge on any atom is -0.338 e. The molecule has 6 rings (SSSR count). The van der Waals surface area contributed by atoms with Crippen LogP contribution in [0.3, 0.4) is 0 Å². The molecular weight excluding hydrogens is 400 g/mol. The zero-order valence-corrected chi connectivity index (χ0v) is 18.4. The molecule has 7 nitrogen and oxygen atoms in total. The smallest absolute Gasteiger partial charge is 0.254 e. The number of benzene rings is 2. The highest BCUT2D eigenvalue weighted by Crippen LogP contribution is 2.40. The molecule has 1 aliphatic heterocycles. The van der Waals surface area contributed by atoms with Crippen molar-refractivity contribution in [2.45, 2.75) is 38.6 Å². The maximum Gasteiger partial charge on any atom is 0.254 e. The van der Waals surface area contributed by atoms with Gasteiger partial charge in [0.1, 0.15) is 5.82 Å². The van der Waals surface area contributed by atoms with Crippen LogP contribution in [0.15, 0.2) is 48.5 Å². The fraction of sp³-hybridized carbons (Fsp3) is 0.360. The monoisotopic (exact) mass is 426 g/mol. The van der Waals surface area contributed by atoms with Gasteiger partial charge in [0.05, 0.1) is 5.52 Å². The Kier molecular flexibility index (Phi) is 4.38. The van der Waals surface area contributed by atoms with Crippen molar-refractivity contribution in [2.24, 2.45) is 0 Å². The first kappa shape index (κ1) is 19.2. The van der Waals surface area contributed by atoms with Gasteiger partial charge in [-0.15, -0.1) is 10.2 Å². The van der Waals surface area contributed by atoms with E-state index in [0.29, 0.717) is 12.5 Å². The number of carbonyl (C=O) groups is 1. The second-order valence-electron chi connectivity index (χ2n) is 9.03. The van der Waals surface area contributed by atoms with Crippen LogP contribution < -0.4 is 4.90 Å². The predicted molar refractivity (Wildman–Crippen MR) is 124 cm³/mol. The molecule has 0 spiro atoms. The second kappa shape index (κ2) is 7.29. The Morgan fingerprint density at radius 2 is 1.78 bits per heavy atom. The summed E-state index contributed by atoms with van der Waals surface area (Å²) in [4.78, 5) is 22.6. The van der Waals surface area contributed by atoms with E-state index in [-0.39, 0.29) is 11.9 Å². The first-order valence-electron chi connectivity index (χ1n) is 11.4. The lowest BCUT2D eigenvalue weighted by molar-refractivity contribution is 0.0672. The number of nitrogens with zero attached hydrogens (tertiary/aromatic N) is 6. The Bertz CT molecular complexity index is 1340. The van der Waals surface area contributed by atoms with Crippen molar-refractivity contribution in [3.8, 4) is 0 Å². The lowest BCUT2D eigenvalue weighted by Crippen LogP contribution is -2.54. The van der Waals surface area contributed by atoms with Gasteiger partial charge < -0.3 is 9.80 Å². The zero-order valence-electron chi connectivity index (χ0n) is 18.4. The van der Waals surface area contributed by atoms with Crippen LogP contribution in [0.4, 0.5) is 5.95 Å². The van der Waals surface area contributed by atoms with Gasteiger partial charge in [-0.05, 0) is 50.5 Å². The number of anilines is 1. The molecule has 1 amide bonds. The molecule has 32 heavy (non-hydrogen) atoms. The predicted octanol–water partition coefficient (Wildman–Crippen LogP) is 3.81. The summed E-state index contributed by atoms with van der Waals surface area (Å²) < 4.78 is 2.16. The van der Waals surface area contributed by atoms with E-state index in [0.717, 1.165) is 65.4 Å². The maximum atomic E-state index is 13.2. The summed E-state index contributed by atoms with van der Waals surface area (Å²) in [5.74, 6) is 2.47. The van der Waals surface area contributed by atoms with Crippen LogP contribution >= 0.6 is 0 Å². The van der Waals surface area contributed by atoms with Crippen molar-refractivity contribution < 1.29 is 4.79 Å². The Hall–Kier alpha value is -3.48. The molecule has 162 valence electrons. The topological polar surface area (TPSA) is 66.6 Å². The molecule has 1 saturated heterocycles. The number of fused-ring (bicyclic) bond motifs is 3. The van der Waals surface area contributed by atoms with Crippen molar-refractivity contribution in [3.05, 3.63) is 65.5 Å². The fourth-order valence-electron chi connectivity index (χ4n) is 4.81. The molecule has 1 unspecified atom stereocenters. The van der Waals surface area contributed by atoms with E-state index >= 15 is 0 Å². The molecule has 3 heterocycles. The summed E-state index contributed by atoms with van der Waals surface area (Å²) in [7, 11) is 0. The molecule has 0 N–H and O–H groups in total. The maximum absolute atomic E-state index is 13.2. The lowest BCUT2D eigenvalue weighted by atomic mass is 10.1. The molecule has 2 aliphatic rings. The van der Waals surface area contributed by atoms with Gasteiger partial charge in [0.15, 0.2) is 5.65 Å². The summed E-state index contributed by atoms with van der Waals surface area (Å²) in [5, 5.41) is 10.1. The molecule has 2 fully saturated rings. The van der Waals surface area contributed by atoms with E-state index in [1.54, 1.807) is 0 Å². The molecule has 2 aromatic carbocycles. The van der Waals surface area contributed by atoms with Gasteiger partial charge in [0.2, 0.25) is 5.95 Å². The van der Waals surface area contributed by atoms with E-state index < -0.39 is 0 Å². The number of hydrogen-bond donors (Lipinski definition) is 0. The molecular formula is C25H26N6O. The average Bonchev–Trinajstić information content (AvgIpc) is 3.56. The minimum atomic E-state index is 0.0695. The lowest BCUT2D eigenvalue weighted by Gasteiger charge is -2.40. The Balaban J connectivity index is 1.37. The molecule has 0 bridgehead atoms. The van der Waals surface area contributed by atoms with Crippen molar-refractivity contribution in [1.29, 1.82) is 0 Å². The summed E-state index contributed by atoms with van der Waals surface area (Å²) >= 11 is 0. The Morgan fingerprint density at radius 1 is 1.00 bits per heavy atom. The molecule has 1 atom stereocenters. The van der Waals surface area contributed by atoms with Crippen LogP contribution in [-0.2, 0) is 0 Å². The van der Waals surface area contributed by atoms with Crippen LogP contribution in [0, 0.1) is 6.92 Å². The van der Waals surface area contributed by atoms with Crippen LogP contribution in [0.1, 0.15) is 47.4 Å². The highest BCUT2D eigenvalue weighted by atomic mass is 16.2. The summed E-state index contributed by atoms with van der Waals surface area (Å²) in [6, 6.07) is 16.0. The second-order valence-corrected chi connectivity index (χ2v) is 9.03. The van der Waals surface area contributed by atoms with E-state index in [1.165, 1.54) is 0 Å². The van der Waals surface area contributed by atoms with Gasteiger partial charge in [-0.1, -0.05) is 30.3 Å². The van der Waals surface area contributed by atoms with E-state index in [4.69, 9.17) is 4.98 Å². The van der Waals surface area contributed by atoms with E-state index in [1.807, 2.05) is 54.3 Å². The van der Waals surface area contributed by atoms with Crippen LogP contribution in [0.2, 0.25) is 0 Å². The number of amides is 1. The van der Waals surface area contributed by atoms with Gasteiger partial charge in [0.25, 0.3) is 5.91 Å². The molecule has 4 aromatic rings. The van der Waals surface area contributed by atoms with Crippen molar-refractivity contribution in [1.82, 2.24) is 24.5 Å². The molecule has 2 aromatic heterocycles. The molecule has 1 aliphatic carbocycles. The van der Waals surface area contributed by atoms with Crippen molar-refractivity contribution >= 4 is 28.4 Å². The summed E-state index contributed by atoms with van der Waals surface area (Å²) in [6.07, 6.45) is 2.31. The van der Waals surface area contributed by atoms with Gasteiger partial charge in [-0.3, -0.25) is 4.79 Å². The van der Waals surface area contributed by atoms with Gasteiger partial charge in [-0.2, -0.15) is 0 Å². The molecule has 0 radical (unpaired) electrons. The van der Waals surface area contributed by atoms with Crippen LogP contribution in [0.5, 0.6) is 0 Å². The number of aryl methyl sites for hydroxylation is 1. The zero-order chi connectivity index (χ0) is 21.8.